The number of alkyl halides is 6. The number of fused-ring (bicyclic) bond motifs is 1. The van der Waals surface area contributed by atoms with Crippen LogP contribution in [0.3, 0.4) is 0 Å². The van der Waals surface area contributed by atoms with Crippen molar-refractivity contribution in [1.29, 1.82) is 0 Å². The van der Waals surface area contributed by atoms with Gasteiger partial charge in [0.25, 0.3) is 5.88 Å². The molecule has 0 fully saturated rings. The van der Waals surface area contributed by atoms with Crippen LogP contribution in [0.25, 0.3) is 0 Å². The lowest BCUT2D eigenvalue weighted by atomic mass is 10.3. The van der Waals surface area contributed by atoms with Gasteiger partial charge in [0, 0.05) is 18.1 Å². The number of aromatic nitrogens is 2. The Morgan fingerprint density at radius 1 is 1.12 bits per heavy atom. The molecule has 3 heterocycles. The number of sulfonamides is 1. The molecule has 0 radical (unpaired) electrons. The predicted octanol–water partition coefficient (Wildman–Crippen LogP) is 2.77. The van der Waals surface area contributed by atoms with Crippen molar-refractivity contribution in [3.63, 3.8) is 0 Å². The molecule has 3 rings (SSSR count). The van der Waals surface area contributed by atoms with Crippen molar-refractivity contribution in [2.45, 2.75) is 30.9 Å². The third-order valence-electron chi connectivity index (χ3n) is 3.95. The number of halogens is 7. The molecule has 1 N–H and O–H groups in total. The van der Waals surface area contributed by atoms with Crippen LogP contribution in [0.1, 0.15) is 5.69 Å². The van der Waals surface area contributed by atoms with Crippen molar-refractivity contribution in [2.24, 2.45) is 0 Å². The number of hydrogen-bond acceptors (Lipinski definition) is 5. The van der Waals surface area contributed by atoms with Gasteiger partial charge in [-0.3, -0.25) is 0 Å². The molecule has 1 aliphatic rings. The molecule has 0 amide bonds. The molecule has 2 aromatic rings. The topological polar surface area (TPSA) is 102 Å². The number of aliphatic carboxylic acids is 1. The van der Waals surface area contributed by atoms with E-state index in [0.717, 1.165) is 6.07 Å². The van der Waals surface area contributed by atoms with Crippen molar-refractivity contribution in [1.82, 2.24) is 13.9 Å². The van der Waals surface area contributed by atoms with Gasteiger partial charge in [-0.2, -0.15) is 30.6 Å². The van der Waals surface area contributed by atoms with Gasteiger partial charge in [0.05, 0.1) is 19.6 Å². The average Bonchev–Trinajstić information content (AvgIpc) is 3.00. The number of rotatable bonds is 3. The Labute approximate surface area is 175 Å². The van der Waals surface area contributed by atoms with E-state index in [1.54, 1.807) is 16.8 Å². The van der Waals surface area contributed by atoms with E-state index < -0.39 is 58.6 Å². The zero-order chi connectivity index (χ0) is 24.3. The molecule has 2 aromatic heterocycles. The Balaban J connectivity index is 0.000000451. The lowest BCUT2D eigenvalue weighted by Gasteiger charge is -2.24. The largest absolute Gasteiger partial charge is 0.511 e. The zero-order valence-corrected chi connectivity index (χ0v) is 16.5. The van der Waals surface area contributed by atoms with Gasteiger partial charge >= 0.3 is 27.7 Å². The SMILES string of the molecule is O=C(O)C(F)(F)F.O=S(=O)(N1Cc2cccn2CC(Oc2ncccc2F)C1)C(F)(F)F. The molecular formula is C16H14F7N3O5S. The summed E-state index contributed by atoms with van der Waals surface area (Å²) >= 11 is 0. The molecule has 1 unspecified atom stereocenters. The van der Waals surface area contributed by atoms with Gasteiger partial charge in [-0.15, -0.1) is 0 Å². The third-order valence-corrected chi connectivity index (χ3v) is 5.49. The first-order chi connectivity index (χ1) is 14.6. The molecule has 1 aliphatic heterocycles. The van der Waals surface area contributed by atoms with E-state index in [1.807, 2.05) is 0 Å². The van der Waals surface area contributed by atoms with Gasteiger partial charge in [0.2, 0.25) is 0 Å². The summed E-state index contributed by atoms with van der Waals surface area (Å²) in [6.45, 7) is -0.985. The number of nitrogens with zero attached hydrogens (tertiary/aromatic N) is 3. The molecule has 0 aliphatic carbocycles. The lowest BCUT2D eigenvalue weighted by Crippen LogP contribution is -2.44. The molecular weight excluding hydrogens is 479 g/mol. The van der Waals surface area contributed by atoms with Crippen molar-refractivity contribution in [3.8, 4) is 5.88 Å². The molecule has 0 aromatic carbocycles. The molecule has 0 saturated carbocycles. The summed E-state index contributed by atoms with van der Waals surface area (Å²) in [7, 11) is -5.55. The van der Waals surface area contributed by atoms with E-state index in [0.29, 0.717) is 5.69 Å². The first-order valence-corrected chi connectivity index (χ1v) is 9.84. The van der Waals surface area contributed by atoms with Gasteiger partial charge < -0.3 is 14.4 Å². The Hall–Kier alpha value is -2.88. The van der Waals surface area contributed by atoms with Crippen molar-refractivity contribution in [3.05, 3.63) is 48.2 Å². The fourth-order valence-corrected chi connectivity index (χ4v) is 3.50. The minimum absolute atomic E-state index is 0.0578. The van der Waals surface area contributed by atoms with Gasteiger partial charge in [0.1, 0.15) is 6.10 Å². The zero-order valence-electron chi connectivity index (χ0n) is 15.6. The quantitative estimate of drug-likeness (QED) is 0.660. The molecule has 0 bridgehead atoms. The summed E-state index contributed by atoms with van der Waals surface area (Å²) in [5, 5.41) is 7.12. The summed E-state index contributed by atoms with van der Waals surface area (Å²) in [6, 6.07) is 5.52. The van der Waals surface area contributed by atoms with Crippen LogP contribution in [-0.4, -0.2) is 57.7 Å². The smallest absolute Gasteiger partial charge is 0.475 e. The van der Waals surface area contributed by atoms with Gasteiger partial charge in [-0.25, -0.2) is 22.6 Å². The van der Waals surface area contributed by atoms with Crippen molar-refractivity contribution < 1.29 is 53.8 Å². The average molecular weight is 493 g/mol. The Bertz CT molecular complexity index is 1050. The van der Waals surface area contributed by atoms with Crippen LogP contribution in [0.4, 0.5) is 30.7 Å². The van der Waals surface area contributed by atoms with Crippen LogP contribution in [0, 0.1) is 5.82 Å². The van der Waals surface area contributed by atoms with Crippen molar-refractivity contribution >= 4 is 16.0 Å². The number of carboxylic acids is 1. The second kappa shape index (κ2) is 9.32. The van der Waals surface area contributed by atoms with E-state index in [-0.39, 0.29) is 10.8 Å². The Kier molecular flexibility index (Phi) is 7.39. The fraction of sp³-hybridized carbons (Fsp3) is 0.375. The molecule has 16 heteroatoms. The summed E-state index contributed by atoms with van der Waals surface area (Å²) < 4.78 is 115. The van der Waals surface area contributed by atoms with E-state index in [1.165, 1.54) is 18.3 Å². The van der Waals surface area contributed by atoms with Crippen LogP contribution < -0.4 is 4.74 Å². The number of carbonyl (C=O) groups is 1. The molecule has 1 atom stereocenters. The minimum atomic E-state index is -5.55. The summed E-state index contributed by atoms with van der Waals surface area (Å²) in [5.41, 5.74) is -5.06. The predicted molar refractivity (Wildman–Crippen MR) is 92.1 cm³/mol. The number of pyridine rings is 1. The summed E-state index contributed by atoms with van der Waals surface area (Å²) in [4.78, 5) is 12.6. The monoisotopic (exact) mass is 493 g/mol. The molecule has 0 saturated heterocycles. The third kappa shape index (κ3) is 6.09. The second-order valence-electron chi connectivity index (χ2n) is 6.23. The highest BCUT2D eigenvalue weighted by Gasteiger charge is 2.51. The lowest BCUT2D eigenvalue weighted by molar-refractivity contribution is -0.192. The van der Waals surface area contributed by atoms with Crippen LogP contribution in [-0.2, 0) is 27.9 Å². The fourth-order valence-electron chi connectivity index (χ4n) is 2.54. The number of carboxylic acid groups (broad SMARTS) is 1. The van der Waals surface area contributed by atoms with Crippen molar-refractivity contribution in [2.75, 3.05) is 6.54 Å². The molecule has 178 valence electrons. The van der Waals surface area contributed by atoms with Crippen LogP contribution >= 0.6 is 0 Å². The molecule has 0 spiro atoms. The summed E-state index contributed by atoms with van der Waals surface area (Å²) in [6.07, 6.45) is -3.28. The van der Waals surface area contributed by atoms with Crippen LogP contribution in [0.2, 0.25) is 0 Å². The number of ether oxygens (including phenoxy) is 1. The molecule has 32 heavy (non-hydrogen) atoms. The van der Waals surface area contributed by atoms with E-state index >= 15 is 0 Å². The van der Waals surface area contributed by atoms with E-state index in [2.05, 4.69) is 4.98 Å². The van der Waals surface area contributed by atoms with Gasteiger partial charge in [-0.05, 0) is 24.3 Å². The van der Waals surface area contributed by atoms with Crippen LogP contribution in [0.5, 0.6) is 5.88 Å². The first-order valence-electron chi connectivity index (χ1n) is 8.40. The Morgan fingerprint density at radius 2 is 1.75 bits per heavy atom. The molecule has 8 nitrogen and oxygen atoms in total. The highest BCUT2D eigenvalue weighted by molar-refractivity contribution is 7.89. The maximum Gasteiger partial charge on any atom is 0.511 e. The maximum atomic E-state index is 13.7. The van der Waals surface area contributed by atoms with E-state index in [9.17, 15) is 39.2 Å². The highest BCUT2D eigenvalue weighted by Crippen LogP contribution is 2.30. The number of hydrogen-bond donors (Lipinski definition) is 1. The van der Waals surface area contributed by atoms with Gasteiger partial charge in [0.15, 0.2) is 5.82 Å². The second-order valence-corrected chi connectivity index (χ2v) is 8.16. The Morgan fingerprint density at radius 3 is 2.28 bits per heavy atom. The first kappa shape index (κ1) is 25.4. The minimum Gasteiger partial charge on any atom is -0.475 e. The summed E-state index contributed by atoms with van der Waals surface area (Å²) in [5.74, 6) is -3.94. The van der Waals surface area contributed by atoms with Gasteiger partial charge in [-0.1, -0.05) is 0 Å². The standard InChI is InChI=1S/C14H13F4N3O3S.C2HF3O2/c15-12-4-1-5-19-13(12)24-11-8-20-6-2-3-10(20)7-21(9-11)25(22,23)14(16,17)18;3-2(4,5)1(6)7/h1-6,11H,7-9H2;(H,6,7). The highest BCUT2D eigenvalue weighted by atomic mass is 32.2. The normalized spacial score (nSPS) is 17.5. The maximum absolute atomic E-state index is 13.7. The van der Waals surface area contributed by atoms with Crippen LogP contribution in [0.15, 0.2) is 36.7 Å². The van der Waals surface area contributed by atoms with E-state index in [4.69, 9.17) is 14.6 Å².